The molecule has 27 heavy (non-hydrogen) atoms. The predicted octanol–water partition coefficient (Wildman–Crippen LogP) is 1.31. The maximum atomic E-state index is 11.8. The van der Waals surface area contributed by atoms with E-state index in [2.05, 4.69) is 0 Å². The van der Waals surface area contributed by atoms with Crippen LogP contribution in [-0.4, -0.2) is 54.3 Å². The van der Waals surface area contributed by atoms with Gasteiger partial charge in [-0.25, -0.2) is 4.79 Å². The largest absolute Gasteiger partial charge is 0.497 e. The number of rotatable bonds is 7. The van der Waals surface area contributed by atoms with Gasteiger partial charge in [-0.3, -0.25) is 0 Å². The number of aliphatic hydroxyl groups is 2. The van der Waals surface area contributed by atoms with Gasteiger partial charge in [0.05, 0.1) is 20.3 Å². The molecule has 0 amide bonds. The van der Waals surface area contributed by atoms with Gasteiger partial charge in [-0.1, -0.05) is 30.3 Å². The first-order valence-electron chi connectivity index (χ1n) is 8.57. The summed E-state index contributed by atoms with van der Waals surface area (Å²) < 4.78 is 21.7. The van der Waals surface area contributed by atoms with Gasteiger partial charge < -0.3 is 29.2 Å². The molecule has 144 valence electrons. The maximum Gasteiger partial charge on any atom is 0.338 e. The van der Waals surface area contributed by atoms with Gasteiger partial charge in [-0.15, -0.1) is 0 Å². The zero-order valence-corrected chi connectivity index (χ0v) is 14.9. The average Bonchev–Trinajstić information content (AvgIpc) is 2.70. The highest BCUT2D eigenvalue weighted by atomic mass is 16.6. The highest BCUT2D eigenvalue weighted by Crippen LogP contribution is 2.25. The lowest BCUT2D eigenvalue weighted by molar-refractivity contribution is -0.205. The van der Waals surface area contributed by atoms with E-state index in [1.165, 1.54) is 0 Å². The van der Waals surface area contributed by atoms with Gasteiger partial charge in [-0.05, 0) is 29.8 Å². The monoisotopic (exact) mass is 374 g/mol. The van der Waals surface area contributed by atoms with E-state index in [0.717, 1.165) is 5.56 Å². The second-order valence-corrected chi connectivity index (χ2v) is 6.17. The van der Waals surface area contributed by atoms with E-state index in [1.54, 1.807) is 31.4 Å². The molecule has 0 unspecified atom stereocenters. The van der Waals surface area contributed by atoms with Crippen molar-refractivity contribution in [1.29, 1.82) is 0 Å². The van der Waals surface area contributed by atoms with Crippen LogP contribution in [0.4, 0.5) is 0 Å². The zero-order valence-electron chi connectivity index (χ0n) is 14.9. The summed E-state index contributed by atoms with van der Waals surface area (Å²) in [6.45, 7) is 0.341. The van der Waals surface area contributed by atoms with E-state index in [0.29, 0.717) is 18.1 Å². The van der Waals surface area contributed by atoms with Crippen molar-refractivity contribution < 1.29 is 34.0 Å². The number of cyclic esters (lactones) is 1. The van der Waals surface area contributed by atoms with Crippen LogP contribution in [0.2, 0.25) is 0 Å². The molecule has 0 aliphatic carbocycles. The molecule has 4 atom stereocenters. The lowest BCUT2D eigenvalue weighted by Gasteiger charge is -2.37. The lowest BCUT2D eigenvalue weighted by Crippen LogP contribution is -2.59. The van der Waals surface area contributed by atoms with Crippen molar-refractivity contribution in [2.75, 3.05) is 13.7 Å². The summed E-state index contributed by atoms with van der Waals surface area (Å²) in [5, 5.41) is 20.1. The van der Waals surface area contributed by atoms with Crippen molar-refractivity contribution in [2.24, 2.45) is 0 Å². The van der Waals surface area contributed by atoms with Crippen molar-refractivity contribution in [3.05, 3.63) is 60.2 Å². The molecule has 1 fully saturated rings. The van der Waals surface area contributed by atoms with Crippen LogP contribution >= 0.6 is 0 Å². The standard InChI is InChI=1S/C20H22O7/c1-24-14-7-9-15(10-8-14)26-19-16(27-20(23)18(22)17(19)21)12-25-11-13-5-3-2-4-6-13/h2-10,16-19,21-22H,11-12H2,1H3/t16-,17-,18-,19+/m0/s1. The molecular formula is C20H22O7. The van der Waals surface area contributed by atoms with Crippen molar-refractivity contribution in [2.45, 2.75) is 31.0 Å². The summed E-state index contributed by atoms with van der Waals surface area (Å²) >= 11 is 0. The third kappa shape index (κ3) is 4.77. The third-order valence-corrected chi connectivity index (χ3v) is 4.26. The molecule has 0 radical (unpaired) electrons. The molecule has 1 heterocycles. The van der Waals surface area contributed by atoms with E-state index in [9.17, 15) is 15.0 Å². The summed E-state index contributed by atoms with van der Waals surface area (Å²) in [7, 11) is 1.55. The van der Waals surface area contributed by atoms with Gasteiger partial charge in [0.1, 0.15) is 17.6 Å². The zero-order chi connectivity index (χ0) is 19.2. The van der Waals surface area contributed by atoms with Crippen molar-refractivity contribution >= 4 is 5.97 Å². The fraction of sp³-hybridized carbons (Fsp3) is 0.350. The smallest absolute Gasteiger partial charge is 0.338 e. The fourth-order valence-corrected chi connectivity index (χ4v) is 2.78. The van der Waals surface area contributed by atoms with Gasteiger partial charge in [0.25, 0.3) is 0 Å². The Morgan fingerprint density at radius 1 is 1.00 bits per heavy atom. The summed E-state index contributed by atoms with van der Waals surface area (Å²) in [5.74, 6) is 0.198. The number of hydrogen-bond acceptors (Lipinski definition) is 7. The first-order chi connectivity index (χ1) is 13.1. The number of esters is 1. The fourth-order valence-electron chi connectivity index (χ4n) is 2.78. The molecule has 1 aliphatic rings. The van der Waals surface area contributed by atoms with E-state index >= 15 is 0 Å². The van der Waals surface area contributed by atoms with Crippen LogP contribution in [0.25, 0.3) is 0 Å². The highest BCUT2D eigenvalue weighted by Gasteiger charge is 2.46. The number of aliphatic hydroxyl groups excluding tert-OH is 2. The van der Waals surface area contributed by atoms with Crippen LogP contribution in [0.1, 0.15) is 5.56 Å². The number of ether oxygens (including phenoxy) is 4. The summed E-state index contributed by atoms with van der Waals surface area (Å²) in [6, 6.07) is 16.3. The summed E-state index contributed by atoms with van der Waals surface area (Å²) in [4.78, 5) is 11.8. The topological polar surface area (TPSA) is 94.5 Å². The third-order valence-electron chi connectivity index (χ3n) is 4.26. The number of hydrogen-bond donors (Lipinski definition) is 2. The van der Waals surface area contributed by atoms with E-state index < -0.39 is 30.4 Å². The van der Waals surface area contributed by atoms with E-state index in [1.807, 2.05) is 30.3 Å². The summed E-state index contributed by atoms with van der Waals surface area (Å²) in [5.41, 5.74) is 0.966. The molecule has 0 aromatic heterocycles. The Bertz CT molecular complexity index is 732. The normalized spacial score (nSPS) is 24.9. The van der Waals surface area contributed by atoms with Crippen molar-refractivity contribution in [1.82, 2.24) is 0 Å². The minimum atomic E-state index is -1.67. The molecule has 1 saturated heterocycles. The van der Waals surface area contributed by atoms with Crippen LogP contribution in [0.5, 0.6) is 11.5 Å². The van der Waals surface area contributed by atoms with Crippen LogP contribution in [0.3, 0.4) is 0 Å². The Morgan fingerprint density at radius 3 is 2.33 bits per heavy atom. The highest BCUT2D eigenvalue weighted by molar-refractivity contribution is 5.76. The molecule has 7 heteroatoms. The number of carbonyl (C=O) groups is 1. The number of carbonyl (C=O) groups excluding carboxylic acids is 1. The molecule has 0 bridgehead atoms. The molecule has 0 saturated carbocycles. The first kappa shape index (κ1) is 19.2. The molecular weight excluding hydrogens is 352 g/mol. The predicted molar refractivity (Wildman–Crippen MR) is 95.4 cm³/mol. The first-order valence-corrected chi connectivity index (χ1v) is 8.57. The molecule has 1 aliphatic heterocycles. The molecule has 2 aromatic rings. The minimum Gasteiger partial charge on any atom is -0.497 e. The number of benzene rings is 2. The SMILES string of the molecule is COc1ccc(O[C@H]2[C@@H](O)[C@H](O)C(=O)O[C@H]2COCc2ccccc2)cc1. The Morgan fingerprint density at radius 2 is 1.67 bits per heavy atom. The average molecular weight is 374 g/mol. The van der Waals surface area contributed by atoms with Gasteiger partial charge in [0.15, 0.2) is 18.3 Å². The van der Waals surface area contributed by atoms with E-state index in [4.69, 9.17) is 18.9 Å². The Kier molecular flexibility index (Phi) is 6.28. The summed E-state index contributed by atoms with van der Waals surface area (Å²) in [6.07, 6.45) is -4.93. The molecule has 7 nitrogen and oxygen atoms in total. The van der Waals surface area contributed by atoms with Gasteiger partial charge in [-0.2, -0.15) is 0 Å². The second kappa shape index (κ2) is 8.85. The van der Waals surface area contributed by atoms with Crippen molar-refractivity contribution in [3.8, 4) is 11.5 Å². The molecule has 3 rings (SSSR count). The molecule has 2 aromatic carbocycles. The van der Waals surface area contributed by atoms with Crippen LogP contribution in [0.15, 0.2) is 54.6 Å². The number of methoxy groups -OCH3 is 1. The lowest BCUT2D eigenvalue weighted by atomic mass is 9.99. The Labute approximate surface area is 157 Å². The van der Waals surface area contributed by atoms with Gasteiger partial charge in [0.2, 0.25) is 0 Å². The Balaban J connectivity index is 1.67. The second-order valence-electron chi connectivity index (χ2n) is 6.17. The quantitative estimate of drug-likeness (QED) is 0.706. The maximum absolute atomic E-state index is 11.8. The van der Waals surface area contributed by atoms with Crippen LogP contribution in [0, 0.1) is 0 Å². The van der Waals surface area contributed by atoms with Gasteiger partial charge in [0, 0.05) is 0 Å². The Hall–Kier alpha value is -2.61. The van der Waals surface area contributed by atoms with E-state index in [-0.39, 0.29) is 6.61 Å². The van der Waals surface area contributed by atoms with Crippen LogP contribution in [-0.2, 0) is 20.9 Å². The van der Waals surface area contributed by atoms with Gasteiger partial charge >= 0.3 is 5.97 Å². The van der Waals surface area contributed by atoms with Crippen LogP contribution < -0.4 is 9.47 Å². The molecule has 0 spiro atoms. The van der Waals surface area contributed by atoms with Crippen molar-refractivity contribution in [3.63, 3.8) is 0 Å². The minimum absolute atomic E-state index is 0.0191. The molecule has 2 N–H and O–H groups in total.